The van der Waals surface area contributed by atoms with E-state index in [9.17, 15) is 0 Å². The van der Waals surface area contributed by atoms with Crippen molar-refractivity contribution in [3.05, 3.63) is 0 Å². The van der Waals surface area contributed by atoms with Crippen LogP contribution in [0.4, 0.5) is 0 Å². The van der Waals surface area contributed by atoms with Gasteiger partial charge in [-0.3, -0.25) is 0 Å². The molecule has 0 radical (unpaired) electrons. The highest BCUT2D eigenvalue weighted by atomic mass is 15.1. The molecule has 0 spiro atoms. The van der Waals surface area contributed by atoms with Crippen LogP contribution < -0.4 is 10.6 Å². The predicted molar refractivity (Wildman–Crippen MR) is 32.8 cm³/mol. The maximum atomic E-state index is 3.38. The Balaban J connectivity index is 1.92. The molecular weight excluding hydrogens is 100 g/mol. The summed E-state index contributed by atoms with van der Waals surface area (Å²) in [4.78, 5) is 0. The lowest BCUT2D eigenvalue weighted by Crippen LogP contribution is -2.61. The van der Waals surface area contributed by atoms with Crippen LogP contribution in [0, 0.1) is 5.92 Å². The van der Waals surface area contributed by atoms with Crippen molar-refractivity contribution in [1.29, 1.82) is 0 Å². The number of fused-ring (bicyclic) bond motifs is 1. The average molecular weight is 112 g/mol. The van der Waals surface area contributed by atoms with Crippen LogP contribution in [0.15, 0.2) is 0 Å². The fourth-order valence-electron chi connectivity index (χ4n) is 1.54. The van der Waals surface area contributed by atoms with Gasteiger partial charge in [0.05, 0.1) is 0 Å². The summed E-state index contributed by atoms with van der Waals surface area (Å²) in [5.41, 5.74) is 0. The normalized spacial score (nSPS) is 45.0. The van der Waals surface area contributed by atoms with Crippen molar-refractivity contribution in [2.75, 3.05) is 19.6 Å². The molecule has 0 aromatic heterocycles. The number of hydrogen-bond donors (Lipinski definition) is 2. The van der Waals surface area contributed by atoms with Crippen molar-refractivity contribution < 1.29 is 0 Å². The van der Waals surface area contributed by atoms with E-state index in [2.05, 4.69) is 10.6 Å². The van der Waals surface area contributed by atoms with E-state index in [0.29, 0.717) is 0 Å². The van der Waals surface area contributed by atoms with E-state index in [1.165, 1.54) is 26.1 Å². The van der Waals surface area contributed by atoms with E-state index < -0.39 is 0 Å². The molecule has 0 amide bonds. The minimum atomic E-state index is 0.823. The Bertz CT molecular complexity index is 80.5. The predicted octanol–water partition coefficient (Wildman–Crippen LogP) is -0.432. The number of piperidine rings is 1. The Morgan fingerprint density at radius 2 is 2.25 bits per heavy atom. The van der Waals surface area contributed by atoms with Crippen molar-refractivity contribution in [3.8, 4) is 0 Å². The second-order valence-corrected chi connectivity index (χ2v) is 2.77. The molecule has 2 atom stereocenters. The molecule has 2 rings (SSSR count). The van der Waals surface area contributed by atoms with Gasteiger partial charge in [-0.25, -0.2) is 0 Å². The van der Waals surface area contributed by atoms with E-state index in [-0.39, 0.29) is 0 Å². The van der Waals surface area contributed by atoms with E-state index in [1.54, 1.807) is 0 Å². The number of hydrogen-bond acceptors (Lipinski definition) is 2. The Labute approximate surface area is 49.7 Å². The number of nitrogens with one attached hydrogen (secondary N) is 2. The van der Waals surface area contributed by atoms with Crippen molar-refractivity contribution >= 4 is 0 Å². The van der Waals surface area contributed by atoms with Gasteiger partial charge in [0.15, 0.2) is 0 Å². The molecule has 0 saturated carbocycles. The molecule has 2 heterocycles. The van der Waals surface area contributed by atoms with Gasteiger partial charge in [0, 0.05) is 12.6 Å². The zero-order chi connectivity index (χ0) is 5.40. The van der Waals surface area contributed by atoms with Crippen molar-refractivity contribution in [2.45, 2.75) is 12.5 Å². The maximum absolute atomic E-state index is 3.38. The lowest BCUT2D eigenvalue weighted by atomic mass is 9.86. The van der Waals surface area contributed by atoms with Gasteiger partial charge < -0.3 is 10.6 Å². The molecule has 2 N–H and O–H groups in total. The molecule has 2 heteroatoms. The smallest absolute Gasteiger partial charge is 0.0233 e. The van der Waals surface area contributed by atoms with Crippen LogP contribution in [0.3, 0.4) is 0 Å². The first kappa shape index (κ1) is 4.77. The summed E-state index contributed by atoms with van der Waals surface area (Å²) < 4.78 is 0. The summed E-state index contributed by atoms with van der Waals surface area (Å²) in [6.07, 6.45) is 1.39. The second kappa shape index (κ2) is 1.71. The van der Waals surface area contributed by atoms with Crippen LogP contribution in [-0.4, -0.2) is 25.7 Å². The van der Waals surface area contributed by atoms with Gasteiger partial charge in [-0.2, -0.15) is 0 Å². The fourth-order valence-corrected chi connectivity index (χ4v) is 1.54. The minimum Gasteiger partial charge on any atom is -0.315 e. The molecule has 0 aromatic carbocycles. The van der Waals surface area contributed by atoms with Gasteiger partial charge in [-0.05, 0) is 25.4 Å². The lowest BCUT2D eigenvalue weighted by molar-refractivity contribution is 0.180. The first-order chi connectivity index (χ1) is 3.97. The quantitative estimate of drug-likeness (QED) is 0.444. The highest BCUT2D eigenvalue weighted by molar-refractivity contribution is 4.92. The van der Waals surface area contributed by atoms with Gasteiger partial charge >= 0.3 is 0 Å². The fraction of sp³-hybridized carbons (Fsp3) is 1.00. The van der Waals surface area contributed by atoms with E-state index in [4.69, 9.17) is 0 Å². The third kappa shape index (κ3) is 0.565. The maximum Gasteiger partial charge on any atom is 0.0233 e. The summed E-state index contributed by atoms with van der Waals surface area (Å²) in [6, 6.07) is 0.823. The van der Waals surface area contributed by atoms with Gasteiger partial charge in [0.25, 0.3) is 0 Å². The summed E-state index contributed by atoms with van der Waals surface area (Å²) in [6.45, 7) is 3.71. The highest BCUT2D eigenvalue weighted by Crippen LogP contribution is 2.18. The summed E-state index contributed by atoms with van der Waals surface area (Å²) in [5.74, 6) is 1.01. The SMILES string of the molecule is C1C[C@H]2CN[C@H]2CN1. The average Bonchev–Trinajstić information content (AvgIpc) is 1.72. The van der Waals surface area contributed by atoms with Gasteiger partial charge in [-0.15, -0.1) is 0 Å². The molecule has 0 unspecified atom stereocenters. The standard InChI is InChI=1S/C6H12N2/c1-2-7-4-6-5(1)3-8-6/h5-8H,1-4H2/t5-,6-/m0/s1. The monoisotopic (exact) mass is 112 g/mol. The largest absolute Gasteiger partial charge is 0.315 e. The van der Waals surface area contributed by atoms with Crippen molar-refractivity contribution in [1.82, 2.24) is 10.6 Å². The molecule has 2 aliphatic heterocycles. The Hall–Kier alpha value is -0.0800. The molecule has 0 aromatic rings. The third-order valence-corrected chi connectivity index (χ3v) is 2.27. The van der Waals surface area contributed by atoms with Crippen LogP contribution in [0.2, 0.25) is 0 Å². The number of rotatable bonds is 0. The Morgan fingerprint density at radius 3 is 2.62 bits per heavy atom. The summed E-state index contributed by atoms with van der Waals surface area (Å²) >= 11 is 0. The second-order valence-electron chi connectivity index (χ2n) is 2.77. The summed E-state index contributed by atoms with van der Waals surface area (Å²) in [5, 5.41) is 6.74. The van der Waals surface area contributed by atoms with Crippen LogP contribution in [-0.2, 0) is 0 Å². The highest BCUT2D eigenvalue weighted by Gasteiger charge is 2.31. The topological polar surface area (TPSA) is 24.1 Å². The van der Waals surface area contributed by atoms with E-state index in [1.807, 2.05) is 0 Å². The van der Waals surface area contributed by atoms with Crippen LogP contribution in [0.25, 0.3) is 0 Å². The summed E-state index contributed by atoms with van der Waals surface area (Å²) in [7, 11) is 0. The zero-order valence-corrected chi connectivity index (χ0v) is 4.98. The molecule has 8 heavy (non-hydrogen) atoms. The molecule has 0 aliphatic carbocycles. The van der Waals surface area contributed by atoms with Crippen LogP contribution in [0.1, 0.15) is 6.42 Å². The van der Waals surface area contributed by atoms with Crippen LogP contribution >= 0.6 is 0 Å². The lowest BCUT2D eigenvalue weighted by Gasteiger charge is -2.41. The van der Waals surface area contributed by atoms with E-state index >= 15 is 0 Å². The first-order valence-electron chi connectivity index (χ1n) is 3.41. The molecular formula is C6H12N2. The molecule has 2 aliphatic rings. The minimum absolute atomic E-state index is 0.823. The Morgan fingerprint density at radius 1 is 1.25 bits per heavy atom. The Kier molecular flexibility index (Phi) is 1.02. The molecule has 0 bridgehead atoms. The third-order valence-electron chi connectivity index (χ3n) is 2.27. The van der Waals surface area contributed by atoms with Crippen molar-refractivity contribution in [3.63, 3.8) is 0 Å². The molecule has 2 nitrogen and oxygen atoms in total. The van der Waals surface area contributed by atoms with Crippen LogP contribution in [0.5, 0.6) is 0 Å². The van der Waals surface area contributed by atoms with Gasteiger partial charge in [-0.1, -0.05) is 0 Å². The molecule has 2 fully saturated rings. The van der Waals surface area contributed by atoms with Gasteiger partial charge in [0.2, 0.25) is 0 Å². The zero-order valence-electron chi connectivity index (χ0n) is 4.98. The molecule has 2 saturated heterocycles. The first-order valence-corrected chi connectivity index (χ1v) is 3.41. The van der Waals surface area contributed by atoms with Crippen molar-refractivity contribution in [2.24, 2.45) is 5.92 Å². The van der Waals surface area contributed by atoms with Gasteiger partial charge in [0.1, 0.15) is 0 Å². The van der Waals surface area contributed by atoms with E-state index in [0.717, 1.165) is 12.0 Å². The molecule has 46 valence electrons.